The van der Waals surface area contributed by atoms with Crippen molar-refractivity contribution in [3.05, 3.63) is 71.2 Å². The summed E-state index contributed by atoms with van der Waals surface area (Å²) in [7, 11) is 3.53. The molecule has 1 aromatic carbocycles. The van der Waals surface area contributed by atoms with E-state index in [1.165, 1.54) is 5.56 Å². The van der Waals surface area contributed by atoms with Gasteiger partial charge in [0.05, 0.1) is 18.0 Å². The lowest BCUT2D eigenvalue weighted by Gasteiger charge is -2.34. The zero-order valence-electron chi connectivity index (χ0n) is 19.1. The lowest BCUT2D eigenvalue weighted by Crippen LogP contribution is -2.50. The van der Waals surface area contributed by atoms with E-state index in [1.807, 2.05) is 57.6 Å². The molecule has 33 heavy (non-hydrogen) atoms. The van der Waals surface area contributed by atoms with Gasteiger partial charge in [-0.1, -0.05) is 36.4 Å². The Morgan fingerprint density at radius 1 is 1.06 bits per heavy atom. The average Bonchev–Trinajstić information content (AvgIpc) is 3.48. The molecule has 0 bridgehead atoms. The molecule has 0 radical (unpaired) electrons. The monoisotopic (exact) mass is 463 g/mol. The van der Waals surface area contributed by atoms with Crippen LogP contribution < -0.4 is 0 Å². The zero-order chi connectivity index (χ0) is 23.2. The maximum Gasteiger partial charge on any atom is 0.246 e. The van der Waals surface area contributed by atoms with Gasteiger partial charge in [-0.2, -0.15) is 5.10 Å². The highest BCUT2D eigenvalue weighted by molar-refractivity contribution is 7.13. The van der Waals surface area contributed by atoms with E-state index in [1.54, 1.807) is 36.4 Å². The number of carbonyl (C=O) groups excluding carboxylic acids is 2. The van der Waals surface area contributed by atoms with Crippen molar-refractivity contribution in [3.8, 4) is 10.6 Å². The van der Waals surface area contributed by atoms with Gasteiger partial charge in [-0.05, 0) is 23.1 Å². The summed E-state index contributed by atoms with van der Waals surface area (Å²) < 4.78 is 1.93. The van der Waals surface area contributed by atoms with Crippen molar-refractivity contribution >= 4 is 29.2 Å². The molecule has 1 fully saturated rings. The van der Waals surface area contributed by atoms with Crippen LogP contribution in [0.25, 0.3) is 16.6 Å². The highest BCUT2D eigenvalue weighted by Crippen LogP contribution is 2.28. The number of aromatic nitrogens is 2. The molecule has 1 saturated heterocycles. The minimum Gasteiger partial charge on any atom is -0.348 e. The Bertz CT molecular complexity index is 1100. The van der Waals surface area contributed by atoms with E-state index in [2.05, 4.69) is 17.0 Å². The van der Waals surface area contributed by atoms with Crippen molar-refractivity contribution in [2.24, 2.45) is 0 Å². The first-order valence-corrected chi connectivity index (χ1v) is 11.9. The molecule has 0 atom stereocenters. The second-order valence-electron chi connectivity index (χ2n) is 8.32. The summed E-state index contributed by atoms with van der Waals surface area (Å²) in [5.74, 6) is 0.0739. The quantitative estimate of drug-likeness (QED) is 0.506. The van der Waals surface area contributed by atoms with Crippen molar-refractivity contribution in [1.82, 2.24) is 24.5 Å². The molecule has 1 aliphatic heterocycles. The summed E-state index contributed by atoms with van der Waals surface area (Å²) in [6.45, 7) is 3.72. The van der Waals surface area contributed by atoms with Crippen LogP contribution in [0, 0.1) is 0 Å². The molecule has 172 valence electrons. The molecule has 4 rings (SSSR count). The molecule has 0 saturated carbocycles. The molecule has 3 heterocycles. The topological polar surface area (TPSA) is 61.7 Å². The highest BCUT2D eigenvalue weighted by atomic mass is 32.1. The van der Waals surface area contributed by atoms with Gasteiger partial charge >= 0.3 is 0 Å². The van der Waals surface area contributed by atoms with Crippen LogP contribution in [0.15, 0.2) is 60.1 Å². The molecule has 7 nitrogen and oxygen atoms in total. The molecule has 2 aromatic heterocycles. The van der Waals surface area contributed by atoms with Crippen LogP contribution in [0.3, 0.4) is 0 Å². The maximum absolute atomic E-state index is 12.8. The second kappa shape index (κ2) is 10.6. The van der Waals surface area contributed by atoms with E-state index in [9.17, 15) is 9.59 Å². The van der Waals surface area contributed by atoms with Crippen LogP contribution in [0.4, 0.5) is 0 Å². The van der Waals surface area contributed by atoms with E-state index >= 15 is 0 Å². The Hall–Kier alpha value is -3.23. The van der Waals surface area contributed by atoms with Crippen LogP contribution in [0.1, 0.15) is 11.1 Å². The standard InChI is InChI=1S/C25H29N5O2S/c1-27(2)24(32)19-28-12-14-29(15-13-28)23(31)11-10-21-18-30(17-20-7-4-3-5-8-20)26-25(21)22-9-6-16-33-22/h3-11,16,18H,12-15,17,19H2,1-2H3/b11-10+. The van der Waals surface area contributed by atoms with Crippen LogP contribution >= 0.6 is 11.3 Å². The minimum atomic E-state index is -0.0125. The normalized spacial score (nSPS) is 14.7. The number of carbonyl (C=O) groups is 2. The number of rotatable bonds is 7. The Kier molecular flexibility index (Phi) is 7.36. The number of amides is 2. The first-order valence-electron chi connectivity index (χ1n) is 11.0. The van der Waals surface area contributed by atoms with Crippen LogP contribution in [-0.2, 0) is 16.1 Å². The number of likely N-dealkylation sites (N-methyl/N-ethyl adjacent to an activating group) is 1. The van der Waals surface area contributed by atoms with Gasteiger partial charge in [0.15, 0.2) is 0 Å². The number of benzene rings is 1. The van der Waals surface area contributed by atoms with Crippen molar-refractivity contribution in [2.45, 2.75) is 6.54 Å². The number of thiophene rings is 1. The van der Waals surface area contributed by atoms with Gasteiger partial charge in [0.2, 0.25) is 11.8 Å². The SMILES string of the molecule is CN(C)C(=O)CN1CCN(C(=O)/C=C/c2cn(Cc3ccccc3)nc2-c2cccs2)CC1. The summed E-state index contributed by atoms with van der Waals surface area (Å²) >= 11 is 1.64. The van der Waals surface area contributed by atoms with Gasteiger partial charge in [0.25, 0.3) is 0 Å². The highest BCUT2D eigenvalue weighted by Gasteiger charge is 2.22. The molecular weight excluding hydrogens is 434 g/mol. The summed E-state index contributed by atoms with van der Waals surface area (Å²) in [5.41, 5.74) is 2.99. The fraction of sp³-hybridized carbons (Fsp3) is 0.320. The fourth-order valence-corrected chi connectivity index (χ4v) is 4.47. The smallest absolute Gasteiger partial charge is 0.246 e. The van der Waals surface area contributed by atoms with Gasteiger partial charge in [-0.3, -0.25) is 19.2 Å². The Balaban J connectivity index is 1.43. The molecule has 1 aliphatic rings. The Morgan fingerprint density at radius 3 is 2.48 bits per heavy atom. The van der Waals surface area contributed by atoms with Gasteiger partial charge in [-0.15, -0.1) is 11.3 Å². The summed E-state index contributed by atoms with van der Waals surface area (Å²) in [6.07, 6.45) is 5.51. The van der Waals surface area contributed by atoms with E-state index < -0.39 is 0 Å². The number of nitrogens with zero attached hydrogens (tertiary/aromatic N) is 5. The predicted octanol–water partition coefficient (Wildman–Crippen LogP) is 2.91. The van der Waals surface area contributed by atoms with Crippen molar-refractivity contribution in [1.29, 1.82) is 0 Å². The molecule has 0 unspecified atom stereocenters. The van der Waals surface area contributed by atoms with Gasteiger partial charge < -0.3 is 9.80 Å². The summed E-state index contributed by atoms with van der Waals surface area (Å²) in [5, 5.41) is 6.83. The zero-order valence-corrected chi connectivity index (χ0v) is 19.9. The van der Waals surface area contributed by atoms with Crippen LogP contribution in [0.5, 0.6) is 0 Å². The molecule has 2 amide bonds. The minimum absolute atomic E-state index is 0.0125. The lowest BCUT2D eigenvalue weighted by atomic mass is 10.2. The molecule has 3 aromatic rings. The number of hydrogen-bond acceptors (Lipinski definition) is 5. The van der Waals surface area contributed by atoms with Crippen molar-refractivity contribution in [2.75, 3.05) is 46.8 Å². The third-order valence-corrected chi connectivity index (χ3v) is 6.56. The van der Waals surface area contributed by atoms with E-state index in [-0.39, 0.29) is 11.8 Å². The average molecular weight is 464 g/mol. The molecule has 0 spiro atoms. The van der Waals surface area contributed by atoms with Crippen LogP contribution in [-0.4, -0.2) is 83.1 Å². The first-order chi connectivity index (χ1) is 16.0. The largest absolute Gasteiger partial charge is 0.348 e. The van der Waals surface area contributed by atoms with Gasteiger partial charge in [0.1, 0.15) is 5.69 Å². The maximum atomic E-state index is 12.8. The first kappa shape index (κ1) is 22.9. The predicted molar refractivity (Wildman–Crippen MR) is 132 cm³/mol. The van der Waals surface area contributed by atoms with Gasteiger partial charge in [-0.25, -0.2) is 0 Å². The van der Waals surface area contributed by atoms with E-state index in [0.29, 0.717) is 39.3 Å². The Labute approximate surface area is 198 Å². The summed E-state index contributed by atoms with van der Waals surface area (Å²) in [6, 6.07) is 14.3. The third kappa shape index (κ3) is 5.97. The van der Waals surface area contributed by atoms with Gasteiger partial charge in [0, 0.05) is 58.1 Å². The molecule has 0 N–H and O–H groups in total. The third-order valence-electron chi connectivity index (χ3n) is 5.68. The second-order valence-corrected chi connectivity index (χ2v) is 9.26. The molecule has 8 heteroatoms. The van der Waals surface area contributed by atoms with Crippen LogP contribution in [0.2, 0.25) is 0 Å². The van der Waals surface area contributed by atoms with E-state index in [0.717, 1.165) is 16.1 Å². The van der Waals surface area contributed by atoms with Crippen molar-refractivity contribution < 1.29 is 9.59 Å². The number of piperazine rings is 1. The molecule has 0 aliphatic carbocycles. The summed E-state index contributed by atoms with van der Waals surface area (Å²) in [4.78, 5) is 31.4. The van der Waals surface area contributed by atoms with E-state index in [4.69, 9.17) is 5.10 Å². The van der Waals surface area contributed by atoms with Crippen molar-refractivity contribution in [3.63, 3.8) is 0 Å². The fourth-order valence-electron chi connectivity index (χ4n) is 3.74. The Morgan fingerprint density at radius 2 is 1.82 bits per heavy atom. The molecular formula is C25H29N5O2S. The lowest BCUT2D eigenvalue weighted by molar-refractivity contribution is -0.131. The number of hydrogen-bond donors (Lipinski definition) is 0.